The zero-order valence-electron chi connectivity index (χ0n) is 17.0. The third-order valence-electron chi connectivity index (χ3n) is 4.88. The van der Waals surface area contributed by atoms with Gasteiger partial charge >= 0.3 is 0 Å². The summed E-state index contributed by atoms with van der Waals surface area (Å²) in [5.74, 6) is -6.04. The Morgan fingerprint density at radius 2 is 1.97 bits per heavy atom. The second-order valence-corrected chi connectivity index (χ2v) is 8.00. The Hall–Kier alpha value is -3.41. The van der Waals surface area contributed by atoms with Crippen molar-refractivity contribution in [2.24, 2.45) is 0 Å². The van der Waals surface area contributed by atoms with Crippen molar-refractivity contribution in [1.29, 1.82) is 0 Å². The lowest BCUT2D eigenvalue weighted by Crippen LogP contribution is -2.41. The molecule has 0 radical (unpaired) electrons. The highest BCUT2D eigenvalue weighted by atomic mass is 35.5. The van der Waals surface area contributed by atoms with Crippen LogP contribution in [0.5, 0.6) is 0 Å². The maximum absolute atomic E-state index is 15.3. The molecule has 1 aromatic carbocycles. The van der Waals surface area contributed by atoms with Gasteiger partial charge in [0.1, 0.15) is 11.0 Å². The number of nitrogens with zero attached hydrogens (tertiary/aromatic N) is 4. The first-order valence-electron chi connectivity index (χ1n) is 9.63. The number of nitrogen functional groups attached to an aromatic ring is 1. The highest BCUT2D eigenvalue weighted by Crippen LogP contribution is 2.32. The number of fused-ring (bicyclic) bond motifs is 1. The van der Waals surface area contributed by atoms with E-state index in [0.717, 1.165) is 6.07 Å². The molecule has 176 valence electrons. The number of anilines is 1. The van der Waals surface area contributed by atoms with Crippen molar-refractivity contribution in [3.63, 3.8) is 0 Å². The summed E-state index contributed by atoms with van der Waals surface area (Å²) in [6.07, 6.45) is -0.867. The quantitative estimate of drug-likeness (QED) is 0.338. The molecule has 0 unspecified atom stereocenters. The number of aromatic nitrogens is 4. The molecule has 0 spiro atoms. The molecule has 3 heterocycles. The highest BCUT2D eigenvalue weighted by Gasteiger charge is 2.41. The van der Waals surface area contributed by atoms with Gasteiger partial charge in [-0.1, -0.05) is 29.3 Å². The molecule has 3 aromatic heterocycles. The SMILES string of the molecule is Nc1nc2cc(-c3ccc(Cl)c(C(=O)NCC(F)(F)[C@H](O)c4cccc(Cl)n4)c3F)ccn2n1. The molecule has 13 heteroatoms. The normalized spacial score (nSPS) is 12.6. The van der Waals surface area contributed by atoms with Gasteiger partial charge in [-0.25, -0.2) is 22.7 Å². The topological polar surface area (TPSA) is 118 Å². The molecule has 0 aliphatic rings. The summed E-state index contributed by atoms with van der Waals surface area (Å²) < 4.78 is 45.7. The number of nitrogens with two attached hydrogens (primary N) is 1. The number of carbonyl (C=O) groups excluding carboxylic acids is 1. The lowest BCUT2D eigenvalue weighted by atomic mass is 10.0. The fourth-order valence-corrected chi connectivity index (χ4v) is 3.63. The van der Waals surface area contributed by atoms with E-state index in [-0.39, 0.29) is 27.4 Å². The highest BCUT2D eigenvalue weighted by molar-refractivity contribution is 6.34. The maximum Gasteiger partial charge on any atom is 0.295 e. The summed E-state index contributed by atoms with van der Waals surface area (Å²) in [4.78, 5) is 20.2. The minimum absolute atomic E-state index is 0.0184. The number of pyridine rings is 2. The van der Waals surface area contributed by atoms with E-state index in [1.165, 1.54) is 47.1 Å². The van der Waals surface area contributed by atoms with Crippen molar-refractivity contribution in [2.45, 2.75) is 12.0 Å². The van der Waals surface area contributed by atoms with E-state index in [1.807, 2.05) is 5.32 Å². The number of hydrogen-bond acceptors (Lipinski definition) is 6. The molecule has 4 rings (SSSR count). The molecule has 1 amide bonds. The van der Waals surface area contributed by atoms with Crippen LogP contribution >= 0.6 is 23.2 Å². The van der Waals surface area contributed by atoms with Crippen LogP contribution in [0, 0.1) is 5.82 Å². The number of alkyl halides is 2. The van der Waals surface area contributed by atoms with Gasteiger partial charge < -0.3 is 16.2 Å². The zero-order chi connectivity index (χ0) is 24.6. The molecule has 8 nitrogen and oxygen atoms in total. The standard InChI is InChI=1S/C21H15Cl2F3N6O2/c22-12-5-4-11(10-6-7-32-15(8-10)30-20(27)31-32)17(24)16(12)19(34)28-9-21(25,26)18(33)13-2-1-3-14(23)29-13/h1-8,18,33H,9H2,(H2,27,31)(H,28,34)/t18-/m1/s1. The van der Waals surface area contributed by atoms with Gasteiger partial charge in [0.2, 0.25) is 5.95 Å². The molecule has 0 bridgehead atoms. The summed E-state index contributed by atoms with van der Waals surface area (Å²) in [7, 11) is 0. The maximum atomic E-state index is 15.3. The Morgan fingerprint density at radius 3 is 2.71 bits per heavy atom. The van der Waals surface area contributed by atoms with Gasteiger partial charge in [-0.3, -0.25) is 4.79 Å². The lowest BCUT2D eigenvalue weighted by molar-refractivity contribution is -0.108. The van der Waals surface area contributed by atoms with Crippen LogP contribution in [0.25, 0.3) is 16.8 Å². The van der Waals surface area contributed by atoms with Crippen molar-refractivity contribution < 1.29 is 23.1 Å². The molecule has 0 fully saturated rings. The second-order valence-electron chi connectivity index (χ2n) is 7.20. The minimum Gasteiger partial charge on any atom is -0.380 e. The molecule has 4 N–H and O–H groups in total. The summed E-state index contributed by atoms with van der Waals surface area (Å²) in [6, 6.07) is 9.45. The van der Waals surface area contributed by atoms with Gasteiger partial charge in [-0.15, -0.1) is 5.10 Å². The van der Waals surface area contributed by atoms with Gasteiger partial charge in [0.15, 0.2) is 11.8 Å². The number of benzene rings is 1. The van der Waals surface area contributed by atoms with Gasteiger partial charge in [0.25, 0.3) is 11.8 Å². The summed E-state index contributed by atoms with van der Waals surface area (Å²) >= 11 is 11.7. The molecule has 4 aromatic rings. The summed E-state index contributed by atoms with van der Waals surface area (Å²) in [6.45, 7) is -1.31. The van der Waals surface area contributed by atoms with Crippen molar-refractivity contribution in [2.75, 3.05) is 12.3 Å². The van der Waals surface area contributed by atoms with Crippen molar-refractivity contribution in [3.05, 3.63) is 75.9 Å². The van der Waals surface area contributed by atoms with Crippen LogP contribution in [0.3, 0.4) is 0 Å². The van der Waals surface area contributed by atoms with E-state index >= 15 is 4.39 Å². The predicted octanol–water partition coefficient (Wildman–Crippen LogP) is 3.92. The predicted molar refractivity (Wildman–Crippen MR) is 119 cm³/mol. The average Bonchev–Trinajstić information content (AvgIpc) is 3.16. The van der Waals surface area contributed by atoms with Crippen LogP contribution in [0.15, 0.2) is 48.7 Å². The van der Waals surface area contributed by atoms with E-state index in [0.29, 0.717) is 11.2 Å². The van der Waals surface area contributed by atoms with Crippen molar-refractivity contribution in [1.82, 2.24) is 24.9 Å². The number of amides is 1. The van der Waals surface area contributed by atoms with Crippen LogP contribution in [0.1, 0.15) is 22.2 Å². The number of rotatable bonds is 6. The number of aliphatic hydroxyl groups excluding tert-OH is 1. The molecule has 0 saturated heterocycles. The Labute approximate surface area is 200 Å². The zero-order valence-corrected chi connectivity index (χ0v) is 18.5. The summed E-state index contributed by atoms with van der Waals surface area (Å²) in [5, 5.41) is 15.5. The number of carbonyl (C=O) groups is 1. The van der Waals surface area contributed by atoms with Crippen LogP contribution in [-0.4, -0.2) is 43.1 Å². The molecular formula is C21H15Cl2F3N6O2. The lowest BCUT2D eigenvalue weighted by Gasteiger charge is -2.23. The van der Waals surface area contributed by atoms with Crippen LogP contribution in [-0.2, 0) is 0 Å². The number of nitrogens with one attached hydrogen (secondary N) is 1. The fourth-order valence-electron chi connectivity index (χ4n) is 3.23. The first kappa shape index (κ1) is 23.7. The first-order valence-corrected chi connectivity index (χ1v) is 10.4. The number of aliphatic hydroxyl groups is 1. The smallest absolute Gasteiger partial charge is 0.295 e. The van der Waals surface area contributed by atoms with Crippen LogP contribution in [0.4, 0.5) is 19.1 Å². The largest absolute Gasteiger partial charge is 0.380 e. The fraction of sp³-hybridized carbons (Fsp3) is 0.143. The average molecular weight is 511 g/mol. The van der Waals surface area contributed by atoms with E-state index < -0.39 is 35.9 Å². The van der Waals surface area contributed by atoms with Crippen molar-refractivity contribution in [3.8, 4) is 11.1 Å². The molecule has 0 saturated carbocycles. The van der Waals surface area contributed by atoms with E-state index in [2.05, 4.69) is 15.1 Å². The van der Waals surface area contributed by atoms with Gasteiger partial charge in [0.05, 0.1) is 22.8 Å². The van der Waals surface area contributed by atoms with Gasteiger partial charge in [0, 0.05) is 11.8 Å². The molecule has 0 aliphatic heterocycles. The Bertz CT molecular complexity index is 1400. The monoisotopic (exact) mass is 510 g/mol. The Balaban J connectivity index is 1.58. The second kappa shape index (κ2) is 9.09. The number of hydrogen-bond donors (Lipinski definition) is 3. The minimum atomic E-state index is -3.84. The van der Waals surface area contributed by atoms with E-state index in [1.54, 1.807) is 0 Å². The number of halogens is 5. The molecule has 0 aliphatic carbocycles. The third-order valence-corrected chi connectivity index (χ3v) is 5.41. The van der Waals surface area contributed by atoms with Crippen molar-refractivity contribution >= 4 is 40.7 Å². The van der Waals surface area contributed by atoms with Gasteiger partial charge in [-0.2, -0.15) is 4.98 Å². The van der Waals surface area contributed by atoms with Crippen LogP contribution in [0.2, 0.25) is 10.2 Å². The molecule has 1 atom stereocenters. The molecule has 34 heavy (non-hydrogen) atoms. The first-order chi connectivity index (χ1) is 16.1. The molecular weight excluding hydrogens is 496 g/mol. The van der Waals surface area contributed by atoms with Gasteiger partial charge in [-0.05, 0) is 42.0 Å². The van der Waals surface area contributed by atoms with E-state index in [9.17, 15) is 18.7 Å². The third kappa shape index (κ3) is 4.63. The Kier molecular flexibility index (Phi) is 6.34. The Morgan fingerprint density at radius 1 is 1.21 bits per heavy atom. The van der Waals surface area contributed by atoms with Crippen LogP contribution < -0.4 is 11.1 Å². The van der Waals surface area contributed by atoms with E-state index in [4.69, 9.17) is 28.9 Å². The summed E-state index contributed by atoms with van der Waals surface area (Å²) in [5.41, 5.74) is 5.17.